The highest BCUT2D eigenvalue weighted by Crippen LogP contribution is 2.20. The van der Waals surface area contributed by atoms with Gasteiger partial charge in [0.25, 0.3) is 5.91 Å². The highest BCUT2D eigenvalue weighted by atomic mass is 32.1. The third-order valence-corrected chi connectivity index (χ3v) is 4.22. The fraction of sp³-hybridized carbons (Fsp3) is 0.375. The SMILES string of the molecule is C[C@@H]1CN(c2ccc(NC(=O)c3ccsc3)cn2)C[C@H](C)O1. The lowest BCUT2D eigenvalue weighted by Crippen LogP contribution is -2.45. The summed E-state index contributed by atoms with van der Waals surface area (Å²) >= 11 is 1.51. The molecule has 116 valence electrons. The van der Waals surface area contributed by atoms with Gasteiger partial charge in [-0.15, -0.1) is 0 Å². The number of amides is 1. The van der Waals surface area contributed by atoms with Crippen LogP contribution in [0.1, 0.15) is 24.2 Å². The molecule has 0 aromatic carbocycles. The van der Waals surface area contributed by atoms with E-state index in [-0.39, 0.29) is 18.1 Å². The van der Waals surface area contributed by atoms with Crippen LogP contribution in [0.2, 0.25) is 0 Å². The van der Waals surface area contributed by atoms with Gasteiger partial charge in [-0.1, -0.05) is 0 Å². The van der Waals surface area contributed by atoms with Gasteiger partial charge in [0.15, 0.2) is 0 Å². The van der Waals surface area contributed by atoms with Crippen LogP contribution in [0.25, 0.3) is 0 Å². The standard InChI is InChI=1S/C16H19N3O2S/c1-11-8-19(9-12(2)21-11)15-4-3-14(7-17-15)18-16(20)13-5-6-22-10-13/h3-7,10-12H,8-9H2,1-2H3,(H,18,20)/t11-,12+. The number of pyridine rings is 1. The van der Waals surface area contributed by atoms with Crippen molar-refractivity contribution in [2.24, 2.45) is 0 Å². The Morgan fingerprint density at radius 3 is 2.68 bits per heavy atom. The normalized spacial score (nSPS) is 21.6. The second-order valence-electron chi connectivity index (χ2n) is 5.53. The summed E-state index contributed by atoms with van der Waals surface area (Å²) in [5, 5.41) is 6.57. The molecule has 1 fully saturated rings. The molecule has 2 aromatic heterocycles. The molecule has 22 heavy (non-hydrogen) atoms. The fourth-order valence-electron chi connectivity index (χ4n) is 2.61. The van der Waals surface area contributed by atoms with Crippen LogP contribution in [0.15, 0.2) is 35.2 Å². The molecule has 0 spiro atoms. The van der Waals surface area contributed by atoms with Crippen LogP contribution < -0.4 is 10.2 Å². The van der Waals surface area contributed by atoms with Gasteiger partial charge in [0.05, 0.1) is 29.7 Å². The summed E-state index contributed by atoms with van der Waals surface area (Å²) < 4.78 is 5.73. The first-order valence-corrected chi connectivity index (χ1v) is 8.26. The molecule has 2 aromatic rings. The monoisotopic (exact) mass is 317 g/mol. The van der Waals surface area contributed by atoms with Crippen LogP contribution in [-0.2, 0) is 4.74 Å². The van der Waals surface area contributed by atoms with E-state index < -0.39 is 0 Å². The van der Waals surface area contributed by atoms with Gasteiger partial charge < -0.3 is 15.0 Å². The first kappa shape index (κ1) is 15.0. The summed E-state index contributed by atoms with van der Waals surface area (Å²) in [7, 11) is 0. The van der Waals surface area contributed by atoms with Gasteiger partial charge in [-0.25, -0.2) is 4.98 Å². The van der Waals surface area contributed by atoms with E-state index in [1.54, 1.807) is 12.3 Å². The quantitative estimate of drug-likeness (QED) is 0.945. The first-order valence-electron chi connectivity index (χ1n) is 7.32. The number of nitrogens with one attached hydrogen (secondary N) is 1. The molecule has 3 heterocycles. The van der Waals surface area contributed by atoms with Crippen LogP contribution >= 0.6 is 11.3 Å². The molecule has 1 aliphatic rings. The molecular formula is C16H19N3O2S. The molecular weight excluding hydrogens is 298 g/mol. The van der Waals surface area contributed by atoms with E-state index in [4.69, 9.17) is 4.74 Å². The lowest BCUT2D eigenvalue weighted by atomic mass is 10.2. The van der Waals surface area contributed by atoms with Gasteiger partial charge in [-0.3, -0.25) is 4.79 Å². The zero-order valence-corrected chi connectivity index (χ0v) is 13.5. The average Bonchev–Trinajstić information content (AvgIpc) is 3.01. The van der Waals surface area contributed by atoms with Crippen molar-refractivity contribution in [1.82, 2.24) is 4.98 Å². The molecule has 0 bridgehead atoms. The van der Waals surface area contributed by atoms with Crippen LogP contribution in [0.4, 0.5) is 11.5 Å². The number of hydrogen-bond donors (Lipinski definition) is 1. The van der Waals surface area contributed by atoms with Gasteiger partial charge in [-0.2, -0.15) is 11.3 Å². The zero-order valence-electron chi connectivity index (χ0n) is 12.7. The maximum atomic E-state index is 12.0. The minimum Gasteiger partial charge on any atom is -0.372 e. The van der Waals surface area contributed by atoms with Crippen molar-refractivity contribution in [3.8, 4) is 0 Å². The number of nitrogens with zero attached hydrogens (tertiary/aromatic N) is 2. The van der Waals surface area contributed by atoms with Crippen LogP contribution in [-0.4, -0.2) is 36.2 Å². The summed E-state index contributed by atoms with van der Waals surface area (Å²) in [6.45, 7) is 5.80. The van der Waals surface area contributed by atoms with Gasteiger partial charge in [0.1, 0.15) is 5.82 Å². The van der Waals surface area contributed by atoms with E-state index in [9.17, 15) is 4.79 Å². The largest absolute Gasteiger partial charge is 0.372 e. The third-order valence-electron chi connectivity index (χ3n) is 3.53. The maximum Gasteiger partial charge on any atom is 0.256 e. The lowest BCUT2D eigenvalue weighted by Gasteiger charge is -2.36. The van der Waals surface area contributed by atoms with Crippen molar-refractivity contribution < 1.29 is 9.53 Å². The first-order chi connectivity index (χ1) is 10.6. The molecule has 1 amide bonds. The Kier molecular flexibility index (Phi) is 4.40. The Hall–Kier alpha value is -1.92. The van der Waals surface area contributed by atoms with Crippen molar-refractivity contribution in [3.05, 3.63) is 40.7 Å². The number of anilines is 2. The Morgan fingerprint density at radius 1 is 1.32 bits per heavy atom. The zero-order chi connectivity index (χ0) is 15.5. The lowest BCUT2D eigenvalue weighted by molar-refractivity contribution is -0.00545. The van der Waals surface area contributed by atoms with Crippen LogP contribution in [0.3, 0.4) is 0 Å². The number of carbonyl (C=O) groups excluding carboxylic acids is 1. The second-order valence-corrected chi connectivity index (χ2v) is 6.31. The summed E-state index contributed by atoms with van der Waals surface area (Å²) in [5.74, 6) is 0.806. The summed E-state index contributed by atoms with van der Waals surface area (Å²) in [5.41, 5.74) is 1.37. The Balaban J connectivity index is 1.66. The van der Waals surface area contributed by atoms with Gasteiger partial charge in [-0.05, 0) is 37.4 Å². The second kappa shape index (κ2) is 6.46. The number of aromatic nitrogens is 1. The number of hydrogen-bond acceptors (Lipinski definition) is 5. The fourth-order valence-corrected chi connectivity index (χ4v) is 3.24. The highest BCUT2D eigenvalue weighted by Gasteiger charge is 2.23. The summed E-state index contributed by atoms with van der Waals surface area (Å²) in [6, 6.07) is 5.63. The maximum absolute atomic E-state index is 12.0. The van der Waals surface area contributed by atoms with E-state index in [0.717, 1.165) is 18.9 Å². The molecule has 3 rings (SSSR count). The molecule has 0 unspecified atom stereocenters. The van der Waals surface area contributed by atoms with E-state index >= 15 is 0 Å². The molecule has 2 atom stereocenters. The third kappa shape index (κ3) is 3.45. The Bertz CT molecular complexity index is 617. The van der Waals surface area contributed by atoms with Crippen molar-refractivity contribution in [2.75, 3.05) is 23.3 Å². The minimum absolute atomic E-state index is 0.107. The number of carbonyl (C=O) groups is 1. The van der Waals surface area contributed by atoms with E-state index in [0.29, 0.717) is 11.3 Å². The van der Waals surface area contributed by atoms with E-state index in [1.807, 2.05) is 22.9 Å². The van der Waals surface area contributed by atoms with E-state index in [2.05, 4.69) is 29.0 Å². The molecule has 0 radical (unpaired) electrons. The van der Waals surface area contributed by atoms with Crippen molar-refractivity contribution in [3.63, 3.8) is 0 Å². The van der Waals surface area contributed by atoms with Crippen molar-refractivity contribution in [2.45, 2.75) is 26.1 Å². The van der Waals surface area contributed by atoms with Crippen molar-refractivity contribution in [1.29, 1.82) is 0 Å². The predicted octanol–water partition coefficient (Wildman–Crippen LogP) is 3.01. The number of ether oxygens (including phenoxy) is 1. The Labute approximate surface area is 133 Å². The van der Waals surface area contributed by atoms with E-state index in [1.165, 1.54) is 11.3 Å². The smallest absolute Gasteiger partial charge is 0.256 e. The summed E-state index contributed by atoms with van der Waals surface area (Å²) in [4.78, 5) is 18.7. The Morgan fingerprint density at radius 2 is 2.09 bits per heavy atom. The number of morpholine rings is 1. The topological polar surface area (TPSA) is 54.5 Å². The molecule has 1 saturated heterocycles. The molecule has 0 aliphatic carbocycles. The molecule has 5 nitrogen and oxygen atoms in total. The minimum atomic E-state index is -0.107. The predicted molar refractivity (Wildman–Crippen MR) is 88.7 cm³/mol. The molecule has 1 N–H and O–H groups in total. The molecule has 0 saturated carbocycles. The highest BCUT2D eigenvalue weighted by molar-refractivity contribution is 7.08. The van der Waals surface area contributed by atoms with Crippen molar-refractivity contribution >= 4 is 28.7 Å². The molecule has 1 aliphatic heterocycles. The number of rotatable bonds is 3. The van der Waals surface area contributed by atoms with Crippen LogP contribution in [0, 0.1) is 0 Å². The van der Waals surface area contributed by atoms with Gasteiger partial charge in [0, 0.05) is 18.5 Å². The summed E-state index contributed by atoms with van der Waals surface area (Å²) in [6.07, 6.45) is 2.09. The average molecular weight is 317 g/mol. The van der Waals surface area contributed by atoms with Crippen LogP contribution in [0.5, 0.6) is 0 Å². The van der Waals surface area contributed by atoms with Gasteiger partial charge in [0.2, 0.25) is 0 Å². The molecule has 6 heteroatoms. The van der Waals surface area contributed by atoms with Gasteiger partial charge >= 0.3 is 0 Å². The number of thiophene rings is 1.